The van der Waals surface area contributed by atoms with E-state index in [0.29, 0.717) is 6.42 Å². The normalized spacial score (nSPS) is 23.9. The molecule has 0 aromatic carbocycles. The average molecular weight is 291 g/mol. The molecular weight excluding hydrogens is 270 g/mol. The van der Waals surface area contributed by atoms with Crippen LogP contribution in [0.1, 0.15) is 33.1 Å². The largest absolute Gasteiger partial charge is 0.481 e. The van der Waals surface area contributed by atoms with E-state index in [1.54, 1.807) is 0 Å². The zero-order valence-electron chi connectivity index (χ0n) is 11.3. The van der Waals surface area contributed by atoms with Gasteiger partial charge in [0.2, 0.25) is 5.91 Å². The number of carboxylic acid groups (broad SMARTS) is 1. The van der Waals surface area contributed by atoms with Crippen LogP contribution in [0.2, 0.25) is 0 Å². The lowest BCUT2D eigenvalue weighted by molar-refractivity contribution is -0.140. The Balaban J connectivity index is 2.78. The zero-order chi connectivity index (χ0) is 14.6. The molecule has 0 aromatic heterocycles. The Labute approximate surface area is 113 Å². The number of carboxylic acids is 1. The number of sulfone groups is 1. The third kappa shape index (κ3) is 4.81. The first kappa shape index (κ1) is 15.9. The summed E-state index contributed by atoms with van der Waals surface area (Å²) in [5.41, 5.74) is 0. The molecule has 1 aliphatic rings. The first-order chi connectivity index (χ1) is 8.75. The molecule has 6 nitrogen and oxygen atoms in total. The zero-order valence-corrected chi connectivity index (χ0v) is 12.1. The number of aliphatic carboxylic acids is 1. The van der Waals surface area contributed by atoms with Crippen LogP contribution < -0.4 is 0 Å². The minimum Gasteiger partial charge on any atom is -0.481 e. The Morgan fingerprint density at radius 1 is 1.42 bits per heavy atom. The number of rotatable bonds is 5. The first-order valence-corrected chi connectivity index (χ1v) is 8.29. The molecule has 7 heteroatoms. The standard InChI is InChI=1S/C12H21NO5S/c1-3-9(2)6-11(14)13-4-5-19(17,18)8-10(13)7-12(15)16/h9-10H,3-8H2,1-2H3,(H,15,16). The quantitative estimate of drug-likeness (QED) is 0.797. The molecule has 1 aliphatic heterocycles. The third-order valence-corrected chi connectivity index (χ3v) is 5.18. The molecule has 19 heavy (non-hydrogen) atoms. The van der Waals surface area contributed by atoms with Gasteiger partial charge in [-0.2, -0.15) is 0 Å². The van der Waals surface area contributed by atoms with Crippen molar-refractivity contribution in [1.82, 2.24) is 4.90 Å². The van der Waals surface area contributed by atoms with Crippen LogP contribution in [-0.2, 0) is 19.4 Å². The number of carbonyl (C=O) groups excluding carboxylic acids is 1. The third-order valence-electron chi connectivity index (χ3n) is 3.48. The van der Waals surface area contributed by atoms with E-state index in [-0.39, 0.29) is 36.3 Å². The van der Waals surface area contributed by atoms with Gasteiger partial charge in [0.1, 0.15) is 0 Å². The van der Waals surface area contributed by atoms with E-state index in [1.165, 1.54) is 4.90 Å². The number of hydrogen-bond acceptors (Lipinski definition) is 4. The fourth-order valence-corrected chi connectivity index (χ4v) is 3.67. The number of nitrogens with zero attached hydrogens (tertiary/aromatic N) is 1. The summed E-state index contributed by atoms with van der Waals surface area (Å²) in [5.74, 6) is -1.32. The van der Waals surface area contributed by atoms with Gasteiger partial charge in [-0.1, -0.05) is 20.3 Å². The van der Waals surface area contributed by atoms with Gasteiger partial charge in [-0.05, 0) is 5.92 Å². The summed E-state index contributed by atoms with van der Waals surface area (Å²) in [5, 5.41) is 8.83. The van der Waals surface area contributed by atoms with Crippen LogP contribution in [0.25, 0.3) is 0 Å². The second-order valence-electron chi connectivity index (χ2n) is 5.17. The van der Waals surface area contributed by atoms with Crippen LogP contribution in [0, 0.1) is 5.92 Å². The summed E-state index contributed by atoms with van der Waals surface area (Å²) in [4.78, 5) is 24.3. The van der Waals surface area contributed by atoms with Crippen molar-refractivity contribution >= 4 is 21.7 Å². The van der Waals surface area contributed by atoms with Crippen molar-refractivity contribution < 1.29 is 23.1 Å². The van der Waals surface area contributed by atoms with Crippen molar-refractivity contribution in [3.8, 4) is 0 Å². The lowest BCUT2D eigenvalue weighted by atomic mass is 10.0. The predicted octanol–water partition coefficient (Wildman–Crippen LogP) is 0.523. The highest BCUT2D eigenvalue weighted by molar-refractivity contribution is 7.91. The van der Waals surface area contributed by atoms with Crippen LogP contribution in [0.5, 0.6) is 0 Å². The summed E-state index contributed by atoms with van der Waals surface area (Å²) in [6.07, 6.45) is 0.889. The van der Waals surface area contributed by atoms with Gasteiger partial charge in [0.15, 0.2) is 9.84 Å². The second-order valence-corrected chi connectivity index (χ2v) is 7.40. The van der Waals surface area contributed by atoms with Crippen molar-refractivity contribution in [1.29, 1.82) is 0 Å². The SMILES string of the molecule is CCC(C)CC(=O)N1CCS(=O)(=O)CC1CC(=O)O. The summed E-state index contributed by atoms with van der Waals surface area (Å²) < 4.78 is 23.1. The van der Waals surface area contributed by atoms with Crippen molar-refractivity contribution in [3.05, 3.63) is 0 Å². The Morgan fingerprint density at radius 3 is 2.58 bits per heavy atom. The van der Waals surface area contributed by atoms with E-state index in [1.807, 2.05) is 13.8 Å². The predicted molar refractivity (Wildman–Crippen MR) is 70.5 cm³/mol. The van der Waals surface area contributed by atoms with Gasteiger partial charge in [-0.15, -0.1) is 0 Å². The number of amides is 1. The van der Waals surface area contributed by atoms with Gasteiger partial charge in [-0.3, -0.25) is 9.59 Å². The molecule has 1 rings (SSSR count). The average Bonchev–Trinajstić information content (AvgIpc) is 2.26. The van der Waals surface area contributed by atoms with Crippen LogP contribution >= 0.6 is 0 Å². The topological polar surface area (TPSA) is 91.8 Å². The Bertz CT molecular complexity index is 445. The Morgan fingerprint density at radius 2 is 2.05 bits per heavy atom. The van der Waals surface area contributed by atoms with E-state index in [2.05, 4.69) is 0 Å². The summed E-state index contributed by atoms with van der Waals surface area (Å²) in [6, 6.07) is -0.729. The molecule has 0 aromatic rings. The van der Waals surface area contributed by atoms with Gasteiger partial charge < -0.3 is 10.0 Å². The Hall–Kier alpha value is -1.11. The van der Waals surface area contributed by atoms with E-state index in [4.69, 9.17) is 5.11 Å². The molecule has 1 fully saturated rings. The highest BCUT2D eigenvalue weighted by Gasteiger charge is 2.35. The first-order valence-electron chi connectivity index (χ1n) is 6.47. The van der Waals surface area contributed by atoms with Gasteiger partial charge in [0.05, 0.1) is 24.0 Å². The van der Waals surface area contributed by atoms with Gasteiger partial charge >= 0.3 is 5.97 Å². The molecule has 2 unspecified atom stereocenters. The van der Waals surface area contributed by atoms with Gasteiger partial charge in [0, 0.05) is 13.0 Å². The molecule has 1 N–H and O–H groups in total. The summed E-state index contributed by atoms with van der Waals surface area (Å²) >= 11 is 0. The number of hydrogen-bond donors (Lipinski definition) is 1. The molecule has 1 amide bonds. The minimum atomic E-state index is -3.24. The van der Waals surface area contributed by atoms with Crippen molar-refractivity contribution in [3.63, 3.8) is 0 Å². The highest BCUT2D eigenvalue weighted by Crippen LogP contribution is 2.18. The monoisotopic (exact) mass is 291 g/mol. The maximum atomic E-state index is 12.1. The molecule has 2 atom stereocenters. The molecule has 0 radical (unpaired) electrons. The molecule has 1 heterocycles. The van der Waals surface area contributed by atoms with Crippen LogP contribution in [-0.4, -0.2) is 54.4 Å². The van der Waals surface area contributed by atoms with Gasteiger partial charge in [0.25, 0.3) is 0 Å². The minimum absolute atomic E-state index is 0.0740. The summed E-state index contributed by atoms with van der Waals surface area (Å²) in [7, 11) is -3.24. The highest BCUT2D eigenvalue weighted by atomic mass is 32.2. The molecule has 0 bridgehead atoms. The summed E-state index contributed by atoms with van der Waals surface area (Å²) in [6.45, 7) is 4.04. The fourth-order valence-electron chi connectivity index (χ4n) is 2.15. The van der Waals surface area contributed by atoms with Crippen molar-refractivity contribution in [2.24, 2.45) is 5.92 Å². The molecule has 110 valence electrons. The van der Waals surface area contributed by atoms with Crippen LogP contribution in [0.4, 0.5) is 0 Å². The second kappa shape index (κ2) is 6.36. The van der Waals surface area contributed by atoms with E-state index in [9.17, 15) is 18.0 Å². The molecule has 1 saturated heterocycles. The fraction of sp³-hybridized carbons (Fsp3) is 0.833. The van der Waals surface area contributed by atoms with Crippen molar-refractivity contribution in [2.75, 3.05) is 18.1 Å². The lowest BCUT2D eigenvalue weighted by Crippen LogP contribution is -2.52. The molecule has 0 saturated carbocycles. The molecular formula is C12H21NO5S. The maximum Gasteiger partial charge on any atom is 0.305 e. The van der Waals surface area contributed by atoms with Crippen LogP contribution in [0.3, 0.4) is 0 Å². The molecule has 0 spiro atoms. The van der Waals surface area contributed by atoms with Crippen molar-refractivity contribution in [2.45, 2.75) is 39.2 Å². The Kier molecular flexibility index (Phi) is 5.34. The van der Waals surface area contributed by atoms with E-state index >= 15 is 0 Å². The maximum absolute atomic E-state index is 12.1. The molecule has 0 aliphatic carbocycles. The van der Waals surface area contributed by atoms with E-state index < -0.39 is 21.8 Å². The number of carbonyl (C=O) groups is 2. The smallest absolute Gasteiger partial charge is 0.305 e. The van der Waals surface area contributed by atoms with E-state index in [0.717, 1.165) is 6.42 Å². The lowest BCUT2D eigenvalue weighted by Gasteiger charge is -2.35. The van der Waals surface area contributed by atoms with Gasteiger partial charge in [-0.25, -0.2) is 8.42 Å². The van der Waals surface area contributed by atoms with Crippen LogP contribution in [0.15, 0.2) is 0 Å².